The smallest absolute Gasteiger partial charge is 0.316 e. The maximum atomic E-state index is 13.5. The summed E-state index contributed by atoms with van der Waals surface area (Å²) in [6, 6.07) is 8.84. The lowest BCUT2D eigenvalue weighted by molar-refractivity contribution is -0.194. The minimum absolute atomic E-state index is 0.0531. The lowest BCUT2D eigenvalue weighted by Crippen LogP contribution is -2.31. The molecule has 0 amide bonds. The van der Waals surface area contributed by atoms with Crippen LogP contribution in [0, 0.1) is 5.82 Å². The number of nitrogens with zero attached hydrogens (tertiary/aromatic N) is 4. The van der Waals surface area contributed by atoms with Crippen LogP contribution in [0.4, 0.5) is 4.39 Å². The van der Waals surface area contributed by atoms with Crippen LogP contribution in [0.15, 0.2) is 42.9 Å². The van der Waals surface area contributed by atoms with Crippen LogP contribution in [0.1, 0.15) is 51.0 Å². The summed E-state index contributed by atoms with van der Waals surface area (Å²) >= 11 is 0. The molecule has 0 spiro atoms. The molecule has 2 aliphatic rings. The van der Waals surface area contributed by atoms with Crippen LogP contribution < -0.4 is 4.74 Å². The van der Waals surface area contributed by atoms with Crippen LogP contribution in [0.2, 0.25) is 0 Å². The van der Waals surface area contributed by atoms with Crippen molar-refractivity contribution in [1.82, 2.24) is 19.5 Å². The molecule has 1 aliphatic heterocycles. The standard InChI is InChI=1S/C25H29FN4O3/c1-31-25-27-14-13-21(29-25)24-23(17-5-7-18(26)8-6-17)28-16-30(24)19-9-11-20(12-10-19)33-22-4-2-3-15-32-22/h5-8,13-14,16,19-20,22H,2-4,9-12,15H2,1H3/t19-,20-,22?. The summed E-state index contributed by atoms with van der Waals surface area (Å²) in [5.41, 5.74) is 3.23. The van der Waals surface area contributed by atoms with Gasteiger partial charge in [-0.25, -0.2) is 14.4 Å². The van der Waals surface area contributed by atoms with Gasteiger partial charge in [0.05, 0.1) is 36.6 Å². The van der Waals surface area contributed by atoms with Gasteiger partial charge in [0.15, 0.2) is 6.29 Å². The van der Waals surface area contributed by atoms with E-state index >= 15 is 0 Å². The van der Waals surface area contributed by atoms with Crippen molar-refractivity contribution in [2.45, 2.75) is 63.4 Å². The van der Waals surface area contributed by atoms with Gasteiger partial charge in [-0.15, -0.1) is 0 Å². The fourth-order valence-corrected chi connectivity index (χ4v) is 4.77. The van der Waals surface area contributed by atoms with Gasteiger partial charge >= 0.3 is 6.01 Å². The first-order valence-corrected chi connectivity index (χ1v) is 11.7. The van der Waals surface area contributed by atoms with Crippen LogP contribution in [0.3, 0.4) is 0 Å². The number of methoxy groups -OCH3 is 1. The Balaban J connectivity index is 1.41. The van der Waals surface area contributed by atoms with E-state index in [-0.39, 0.29) is 24.3 Å². The molecule has 174 valence electrons. The van der Waals surface area contributed by atoms with Crippen LogP contribution in [0.5, 0.6) is 6.01 Å². The minimum atomic E-state index is -0.274. The second-order valence-electron chi connectivity index (χ2n) is 8.65. The number of hydrogen-bond donors (Lipinski definition) is 0. The molecule has 1 saturated heterocycles. The highest BCUT2D eigenvalue weighted by Gasteiger charge is 2.29. The average molecular weight is 453 g/mol. The van der Waals surface area contributed by atoms with Gasteiger partial charge in [0, 0.05) is 24.4 Å². The Labute approximate surface area is 192 Å². The topological polar surface area (TPSA) is 71.3 Å². The third kappa shape index (κ3) is 4.91. The first-order chi connectivity index (χ1) is 16.2. The van der Waals surface area contributed by atoms with Crippen molar-refractivity contribution < 1.29 is 18.6 Å². The predicted molar refractivity (Wildman–Crippen MR) is 121 cm³/mol. The number of aromatic nitrogens is 4. The molecule has 7 nitrogen and oxygen atoms in total. The third-order valence-corrected chi connectivity index (χ3v) is 6.49. The SMILES string of the molecule is COc1nccc(-c2c(-c3ccc(F)cc3)ncn2[C@H]2CC[C@H](OC3CCCCO3)CC2)n1. The summed E-state index contributed by atoms with van der Waals surface area (Å²) in [6.07, 6.45) is 10.9. The fourth-order valence-electron chi connectivity index (χ4n) is 4.77. The Kier molecular flexibility index (Phi) is 6.64. The number of imidazole rings is 1. The summed E-state index contributed by atoms with van der Waals surface area (Å²) < 4.78 is 33.0. The second kappa shape index (κ2) is 9.97. The molecule has 2 aromatic heterocycles. The molecular weight excluding hydrogens is 423 g/mol. The van der Waals surface area contributed by atoms with Gasteiger partial charge in [0.25, 0.3) is 0 Å². The minimum Gasteiger partial charge on any atom is -0.467 e. The van der Waals surface area contributed by atoms with Gasteiger partial charge in [-0.05, 0) is 75.3 Å². The largest absolute Gasteiger partial charge is 0.467 e. The summed E-state index contributed by atoms with van der Waals surface area (Å²) in [7, 11) is 1.55. The molecule has 1 aromatic carbocycles. The molecule has 33 heavy (non-hydrogen) atoms. The lowest BCUT2D eigenvalue weighted by atomic mass is 9.92. The van der Waals surface area contributed by atoms with E-state index in [9.17, 15) is 4.39 Å². The summed E-state index contributed by atoms with van der Waals surface area (Å²) in [5, 5.41) is 0. The molecule has 1 aliphatic carbocycles. The molecule has 2 fully saturated rings. The van der Waals surface area contributed by atoms with Gasteiger partial charge in [0.1, 0.15) is 5.82 Å². The highest BCUT2D eigenvalue weighted by molar-refractivity contribution is 5.77. The molecule has 1 saturated carbocycles. The second-order valence-corrected chi connectivity index (χ2v) is 8.65. The van der Waals surface area contributed by atoms with Gasteiger partial charge < -0.3 is 18.8 Å². The summed E-state index contributed by atoms with van der Waals surface area (Å²) in [5.74, 6) is -0.274. The monoisotopic (exact) mass is 452 g/mol. The summed E-state index contributed by atoms with van der Waals surface area (Å²) in [4.78, 5) is 13.4. The zero-order valence-corrected chi connectivity index (χ0v) is 18.8. The Morgan fingerprint density at radius 2 is 1.82 bits per heavy atom. The van der Waals surface area contributed by atoms with E-state index in [2.05, 4.69) is 14.5 Å². The number of ether oxygens (including phenoxy) is 3. The van der Waals surface area contributed by atoms with Crippen molar-refractivity contribution in [3.8, 4) is 28.7 Å². The molecule has 0 radical (unpaired) electrons. The van der Waals surface area contributed by atoms with E-state index in [1.165, 1.54) is 18.6 Å². The molecule has 3 aromatic rings. The average Bonchev–Trinajstić information content (AvgIpc) is 3.31. The Bertz CT molecular complexity index is 1060. The van der Waals surface area contributed by atoms with Gasteiger partial charge in [-0.3, -0.25) is 0 Å². The molecule has 5 rings (SSSR count). The maximum Gasteiger partial charge on any atom is 0.316 e. The lowest BCUT2D eigenvalue weighted by Gasteiger charge is -2.33. The highest BCUT2D eigenvalue weighted by atomic mass is 19.1. The van der Waals surface area contributed by atoms with Crippen LogP contribution >= 0.6 is 0 Å². The van der Waals surface area contributed by atoms with Crippen molar-refractivity contribution in [2.24, 2.45) is 0 Å². The van der Waals surface area contributed by atoms with E-state index in [1.54, 1.807) is 25.4 Å². The third-order valence-electron chi connectivity index (χ3n) is 6.49. The molecule has 3 heterocycles. The Morgan fingerprint density at radius 1 is 1.00 bits per heavy atom. The van der Waals surface area contributed by atoms with Crippen molar-refractivity contribution in [2.75, 3.05) is 13.7 Å². The number of benzene rings is 1. The highest BCUT2D eigenvalue weighted by Crippen LogP contribution is 2.38. The normalized spacial score (nSPS) is 23.4. The van der Waals surface area contributed by atoms with E-state index in [0.717, 1.165) is 67.8 Å². The quantitative estimate of drug-likeness (QED) is 0.513. The van der Waals surface area contributed by atoms with E-state index < -0.39 is 0 Å². The zero-order valence-electron chi connectivity index (χ0n) is 18.8. The number of halogens is 1. The van der Waals surface area contributed by atoms with Crippen LogP contribution in [-0.4, -0.2) is 45.6 Å². The Morgan fingerprint density at radius 3 is 2.55 bits per heavy atom. The molecule has 0 bridgehead atoms. The predicted octanol–water partition coefficient (Wildman–Crippen LogP) is 5.18. The van der Waals surface area contributed by atoms with Crippen molar-refractivity contribution in [1.29, 1.82) is 0 Å². The van der Waals surface area contributed by atoms with E-state index in [0.29, 0.717) is 6.01 Å². The van der Waals surface area contributed by atoms with Crippen molar-refractivity contribution in [3.05, 3.63) is 48.7 Å². The van der Waals surface area contributed by atoms with E-state index in [4.69, 9.17) is 19.2 Å². The van der Waals surface area contributed by atoms with Crippen molar-refractivity contribution >= 4 is 0 Å². The van der Waals surface area contributed by atoms with Crippen LogP contribution in [0.25, 0.3) is 22.6 Å². The van der Waals surface area contributed by atoms with Gasteiger partial charge in [-0.1, -0.05) is 0 Å². The van der Waals surface area contributed by atoms with Gasteiger partial charge in [0.2, 0.25) is 0 Å². The van der Waals surface area contributed by atoms with Gasteiger partial charge in [-0.2, -0.15) is 4.98 Å². The molecule has 0 N–H and O–H groups in total. The zero-order chi connectivity index (χ0) is 22.6. The number of rotatable bonds is 6. The Hall–Kier alpha value is -2.84. The first kappa shape index (κ1) is 22.0. The molecule has 1 atom stereocenters. The molecule has 8 heteroatoms. The summed E-state index contributed by atoms with van der Waals surface area (Å²) in [6.45, 7) is 0.799. The molecular formula is C25H29FN4O3. The molecule has 1 unspecified atom stereocenters. The van der Waals surface area contributed by atoms with Crippen molar-refractivity contribution in [3.63, 3.8) is 0 Å². The van der Waals surface area contributed by atoms with E-state index in [1.807, 2.05) is 12.4 Å². The number of hydrogen-bond acceptors (Lipinski definition) is 6. The van der Waals surface area contributed by atoms with Crippen LogP contribution in [-0.2, 0) is 9.47 Å². The maximum absolute atomic E-state index is 13.5. The first-order valence-electron chi connectivity index (χ1n) is 11.7. The fraction of sp³-hybridized carbons (Fsp3) is 0.480.